The molecule has 4 aromatic rings. The summed E-state index contributed by atoms with van der Waals surface area (Å²) in [6, 6.07) is 18.2. The quantitative estimate of drug-likeness (QED) is 0.0790. The van der Waals surface area contributed by atoms with E-state index in [2.05, 4.69) is 15.8 Å². The molecule has 1 aromatic heterocycles. The lowest BCUT2D eigenvalue weighted by Crippen LogP contribution is -2.34. The Kier molecular flexibility index (Phi) is 8.79. The second-order valence-electron chi connectivity index (χ2n) is 9.09. The molecule has 0 atom stereocenters. The van der Waals surface area contributed by atoms with Crippen LogP contribution in [0.1, 0.15) is 28.5 Å². The van der Waals surface area contributed by atoms with Gasteiger partial charge in [0.15, 0.2) is 11.5 Å². The van der Waals surface area contributed by atoms with Gasteiger partial charge in [0.2, 0.25) is 0 Å². The van der Waals surface area contributed by atoms with E-state index in [1.54, 1.807) is 55.9 Å². The third-order valence-corrected chi connectivity index (χ3v) is 6.42. The predicted octanol–water partition coefficient (Wildman–Crippen LogP) is 3.10. The van der Waals surface area contributed by atoms with Crippen LogP contribution in [0.2, 0.25) is 0 Å². The van der Waals surface area contributed by atoms with Crippen molar-refractivity contribution in [2.75, 3.05) is 12.4 Å². The van der Waals surface area contributed by atoms with E-state index >= 15 is 0 Å². The topological polar surface area (TPSA) is 176 Å². The van der Waals surface area contributed by atoms with Crippen molar-refractivity contribution in [2.24, 2.45) is 12.1 Å². The molecule has 0 fully saturated rings. The van der Waals surface area contributed by atoms with Gasteiger partial charge >= 0.3 is 17.8 Å². The lowest BCUT2D eigenvalue weighted by molar-refractivity contribution is -0.384. The molecule has 0 aliphatic carbocycles. The number of hydrogen-bond acceptors (Lipinski definition) is 9. The van der Waals surface area contributed by atoms with E-state index < -0.39 is 28.3 Å². The van der Waals surface area contributed by atoms with Gasteiger partial charge in [0.1, 0.15) is 5.69 Å². The van der Waals surface area contributed by atoms with Crippen LogP contribution < -0.4 is 25.8 Å². The highest BCUT2D eigenvalue weighted by Crippen LogP contribution is 2.29. The maximum absolute atomic E-state index is 13.0. The van der Waals surface area contributed by atoms with Gasteiger partial charge in [-0.15, -0.1) is 0 Å². The minimum Gasteiger partial charge on any atom is -0.493 e. The molecule has 0 radical (unpaired) electrons. The molecule has 2 N–H and O–H groups in total. The first-order chi connectivity index (χ1) is 20.5. The molecule has 0 aliphatic heterocycles. The Morgan fingerprint density at radius 1 is 0.930 bits per heavy atom. The number of benzene rings is 3. The van der Waals surface area contributed by atoms with Crippen LogP contribution in [0.5, 0.6) is 11.5 Å². The summed E-state index contributed by atoms with van der Waals surface area (Å²) in [5.74, 6) is -2.71. The Hall–Kier alpha value is -6.05. The minimum atomic E-state index is -1.10. The van der Waals surface area contributed by atoms with E-state index in [4.69, 9.17) is 9.47 Å². The van der Waals surface area contributed by atoms with Gasteiger partial charge in [-0.25, -0.2) is 14.9 Å². The number of aromatic nitrogens is 2. The van der Waals surface area contributed by atoms with Crippen LogP contribution in [0.3, 0.4) is 0 Å². The highest BCUT2D eigenvalue weighted by atomic mass is 16.6. The van der Waals surface area contributed by atoms with Gasteiger partial charge in [-0.2, -0.15) is 5.10 Å². The highest BCUT2D eigenvalue weighted by molar-refractivity contribution is 6.39. The van der Waals surface area contributed by atoms with Gasteiger partial charge in [-0.1, -0.05) is 18.2 Å². The van der Waals surface area contributed by atoms with Crippen LogP contribution in [0.4, 0.5) is 11.4 Å². The van der Waals surface area contributed by atoms with E-state index in [1.807, 2.05) is 6.07 Å². The lowest BCUT2D eigenvalue weighted by atomic mass is 10.1. The second-order valence-corrected chi connectivity index (χ2v) is 9.09. The molecule has 14 heteroatoms. The Labute approximate surface area is 244 Å². The van der Waals surface area contributed by atoms with Crippen LogP contribution in [0.15, 0.2) is 82.7 Å². The molecule has 220 valence electrons. The number of para-hydroxylation sites is 1. The van der Waals surface area contributed by atoms with E-state index in [-0.39, 0.29) is 34.1 Å². The van der Waals surface area contributed by atoms with Gasteiger partial charge in [0, 0.05) is 24.7 Å². The molecule has 0 bridgehead atoms. The third-order valence-electron chi connectivity index (χ3n) is 6.42. The molecule has 4 rings (SSSR count). The van der Waals surface area contributed by atoms with Crippen molar-refractivity contribution in [3.05, 3.63) is 110 Å². The monoisotopic (exact) mass is 586 g/mol. The van der Waals surface area contributed by atoms with Gasteiger partial charge in [-0.05, 0) is 56.3 Å². The molecule has 0 aliphatic rings. The van der Waals surface area contributed by atoms with Crippen LogP contribution in [-0.4, -0.2) is 44.9 Å². The van der Waals surface area contributed by atoms with Crippen LogP contribution in [-0.2, 0) is 16.6 Å². The molecule has 14 nitrogen and oxygen atoms in total. The number of hydrazone groups is 1. The number of amides is 2. The van der Waals surface area contributed by atoms with Crippen molar-refractivity contribution >= 4 is 34.9 Å². The molecule has 0 saturated carbocycles. The van der Waals surface area contributed by atoms with Crippen molar-refractivity contribution in [3.63, 3.8) is 0 Å². The molecule has 43 heavy (non-hydrogen) atoms. The number of hydrogen-bond donors (Lipinski definition) is 2. The first-order valence-corrected chi connectivity index (χ1v) is 12.7. The lowest BCUT2D eigenvalue weighted by Gasteiger charge is -2.11. The number of rotatable bonds is 8. The van der Waals surface area contributed by atoms with E-state index in [1.165, 1.54) is 48.2 Å². The fourth-order valence-corrected chi connectivity index (χ4v) is 3.99. The summed E-state index contributed by atoms with van der Waals surface area (Å²) in [6.07, 6.45) is 0. The van der Waals surface area contributed by atoms with Crippen molar-refractivity contribution in [1.29, 1.82) is 0 Å². The number of ether oxygens (including phenoxy) is 2. The number of esters is 1. The Balaban J connectivity index is 1.43. The number of carbonyl (C=O) groups excluding carboxylic acids is 3. The van der Waals surface area contributed by atoms with E-state index in [9.17, 15) is 29.3 Å². The van der Waals surface area contributed by atoms with E-state index in [0.29, 0.717) is 16.9 Å². The fourth-order valence-electron chi connectivity index (χ4n) is 3.99. The largest absolute Gasteiger partial charge is 0.493 e. The molecule has 0 spiro atoms. The number of nitrogens with zero attached hydrogens (tertiary/aromatic N) is 4. The Bertz CT molecular complexity index is 1810. The molecular weight excluding hydrogens is 560 g/mol. The van der Waals surface area contributed by atoms with Crippen LogP contribution in [0.25, 0.3) is 5.69 Å². The van der Waals surface area contributed by atoms with E-state index in [0.717, 1.165) is 0 Å². The summed E-state index contributed by atoms with van der Waals surface area (Å²) in [6.45, 7) is 3.20. The first kappa shape index (κ1) is 29.9. The van der Waals surface area contributed by atoms with Crippen molar-refractivity contribution < 1.29 is 28.8 Å². The van der Waals surface area contributed by atoms with Gasteiger partial charge in [0.05, 0.1) is 34.7 Å². The summed E-state index contributed by atoms with van der Waals surface area (Å²) in [7, 11) is 3.02. The zero-order chi connectivity index (χ0) is 31.3. The summed E-state index contributed by atoms with van der Waals surface area (Å²) in [5, 5.41) is 17.1. The molecule has 2 amide bonds. The number of nitrogens with one attached hydrogen (secondary N) is 2. The highest BCUT2D eigenvalue weighted by Gasteiger charge is 2.22. The van der Waals surface area contributed by atoms with Crippen LogP contribution >= 0.6 is 0 Å². The van der Waals surface area contributed by atoms with Crippen molar-refractivity contribution in [2.45, 2.75) is 13.8 Å². The number of nitro groups is 1. The van der Waals surface area contributed by atoms with Crippen LogP contribution in [0, 0.1) is 17.0 Å². The Morgan fingerprint density at radius 2 is 1.58 bits per heavy atom. The smallest absolute Gasteiger partial charge is 0.343 e. The molecule has 1 heterocycles. The van der Waals surface area contributed by atoms with Gasteiger partial charge < -0.3 is 14.8 Å². The molecule has 3 aromatic carbocycles. The summed E-state index contributed by atoms with van der Waals surface area (Å²) < 4.78 is 13.6. The first-order valence-electron chi connectivity index (χ1n) is 12.7. The third kappa shape index (κ3) is 6.48. The number of carbonyl (C=O) groups is 3. The summed E-state index contributed by atoms with van der Waals surface area (Å²) in [5.41, 5.74) is 3.32. The SMILES string of the molecule is COc1cc(C(C)=NNC(=O)C(=O)Nc2c(C)n(C)n(-c3ccccc3)c2=O)ccc1OC(=O)c1ccc([N+](=O)[O-])cc1. The number of nitro benzene ring substituents is 1. The predicted molar refractivity (Wildman–Crippen MR) is 156 cm³/mol. The average Bonchev–Trinajstić information content (AvgIpc) is 3.22. The summed E-state index contributed by atoms with van der Waals surface area (Å²) in [4.78, 5) is 60.8. The number of methoxy groups -OCH3 is 1. The Morgan fingerprint density at radius 3 is 2.21 bits per heavy atom. The minimum absolute atomic E-state index is 0.0456. The van der Waals surface area contributed by atoms with Crippen molar-refractivity contribution in [1.82, 2.24) is 14.8 Å². The maximum Gasteiger partial charge on any atom is 0.343 e. The molecular formula is C29H26N6O8. The second kappa shape index (κ2) is 12.6. The fraction of sp³-hybridized carbons (Fsp3) is 0.138. The van der Waals surface area contributed by atoms with Gasteiger partial charge in [-0.3, -0.25) is 29.2 Å². The molecule has 0 unspecified atom stereocenters. The van der Waals surface area contributed by atoms with Crippen molar-refractivity contribution in [3.8, 4) is 17.2 Å². The van der Waals surface area contributed by atoms with Gasteiger partial charge in [0.25, 0.3) is 11.2 Å². The zero-order valence-electron chi connectivity index (χ0n) is 23.5. The maximum atomic E-state index is 13.0. The number of non-ortho nitro benzene ring substituents is 1. The normalized spacial score (nSPS) is 11.0. The number of anilines is 1. The molecule has 0 saturated heterocycles. The average molecular weight is 587 g/mol. The standard InChI is InChI=1S/C29H26N6O8/c1-17(20-12-15-23(24(16-20)42-4)43-29(39)19-10-13-22(14-11-19)35(40)41)31-32-27(37)26(36)30-25-18(2)33(3)34(28(25)38)21-8-6-5-7-9-21/h5-16H,1-4H3,(H,30,36)(H,32,37). The zero-order valence-corrected chi connectivity index (χ0v) is 23.5. The summed E-state index contributed by atoms with van der Waals surface area (Å²) >= 11 is 0.